The van der Waals surface area contributed by atoms with Crippen molar-refractivity contribution in [3.63, 3.8) is 0 Å². The largest absolute Gasteiger partial charge is 0.383 e. The van der Waals surface area contributed by atoms with Gasteiger partial charge in [-0.05, 0) is 35.6 Å². The fourth-order valence-electron chi connectivity index (χ4n) is 2.29. The molecule has 1 unspecified atom stereocenters. The zero-order valence-electron chi connectivity index (χ0n) is 11.9. The second-order valence-electron chi connectivity index (χ2n) is 4.82. The van der Waals surface area contributed by atoms with Crippen molar-refractivity contribution in [1.29, 1.82) is 0 Å². The Bertz CT molecular complexity index is 456. The summed E-state index contributed by atoms with van der Waals surface area (Å²) in [5.74, 6) is 1.16. The van der Waals surface area contributed by atoms with Crippen LogP contribution in [0.5, 0.6) is 0 Å². The Balaban J connectivity index is 2.19. The summed E-state index contributed by atoms with van der Waals surface area (Å²) >= 11 is 2.15. The summed E-state index contributed by atoms with van der Waals surface area (Å²) in [6.45, 7) is 6.18. The summed E-state index contributed by atoms with van der Waals surface area (Å²) in [5.41, 5.74) is 6.79. The van der Waals surface area contributed by atoms with Crippen LogP contribution in [0, 0.1) is 3.57 Å². The summed E-state index contributed by atoms with van der Waals surface area (Å²) in [5, 5.41) is 0. The maximum Gasteiger partial charge on any atom is 0.161 e. The SMILES string of the molecule is CCCN1CCOC(c2nc(N)c(I)c(COC)n2)C1. The van der Waals surface area contributed by atoms with Crippen molar-refractivity contribution in [2.45, 2.75) is 26.1 Å². The molecule has 0 aromatic carbocycles. The van der Waals surface area contributed by atoms with Crippen LogP contribution in [-0.2, 0) is 16.1 Å². The molecule has 0 aliphatic carbocycles. The monoisotopic (exact) mass is 392 g/mol. The number of anilines is 1. The van der Waals surface area contributed by atoms with Gasteiger partial charge in [-0.15, -0.1) is 0 Å². The average molecular weight is 392 g/mol. The molecular formula is C13H21IN4O2. The molecule has 1 saturated heterocycles. The van der Waals surface area contributed by atoms with Crippen LogP contribution in [-0.4, -0.2) is 48.2 Å². The first-order chi connectivity index (χ1) is 9.65. The topological polar surface area (TPSA) is 73.5 Å². The zero-order chi connectivity index (χ0) is 14.5. The van der Waals surface area contributed by atoms with E-state index in [9.17, 15) is 0 Å². The number of hydrogen-bond acceptors (Lipinski definition) is 6. The lowest BCUT2D eigenvalue weighted by Gasteiger charge is -2.32. The molecule has 0 bridgehead atoms. The molecule has 1 fully saturated rings. The fraction of sp³-hybridized carbons (Fsp3) is 0.692. The number of hydrogen-bond donors (Lipinski definition) is 1. The molecule has 1 aromatic heterocycles. The van der Waals surface area contributed by atoms with E-state index < -0.39 is 0 Å². The molecule has 2 rings (SSSR count). The quantitative estimate of drug-likeness (QED) is 0.768. The number of nitrogens with two attached hydrogens (primary N) is 1. The third-order valence-corrected chi connectivity index (χ3v) is 4.40. The average Bonchev–Trinajstić information content (AvgIpc) is 2.44. The van der Waals surface area contributed by atoms with Gasteiger partial charge >= 0.3 is 0 Å². The van der Waals surface area contributed by atoms with E-state index in [1.807, 2.05) is 0 Å². The zero-order valence-corrected chi connectivity index (χ0v) is 14.1. The molecule has 1 aliphatic rings. The summed E-state index contributed by atoms with van der Waals surface area (Å²) in [6.07, 6.45) is 1.03. The van der Waals surface area contributed by atoms with Crippen molar-refractivity contribution in [2.75, 3.05) is 39.1 Å². The third kappa shape index (κ3) is 3.78. The molecule has 0 spiro atoms. The molecule has 7 heteroatoms. The summed E-state index contributed by atoms with van der Waals surface area (Å²) in [6, 6.07) is 0. The van der Waals surface area contributed by atoms with E-state index in [1.54, 1.807) is 7.11 Å². The van der Waals surface area contributed by atoms with Gasteiger partial charge in [0.05, 0.1) is 22.5 Å². The van der Waals surface area contributed by atoms with Crippen LogP contribution >= 0.6 is 22.6 Å². The first kappa shape index (κ1) is 15.9. The lowest BCUT2D eigenvalue weighted by molar-refractivity contribution is -0.0343. The van der Waals surface area contributed by atoms with Crippen molar-refractivity contribution < 1.29 is 9.47 Å². The van der Waals surface area contributed by atoms with Crippen molar-refractivity contribution in [3.05, 3.63) is 15.1 Å². The number of nitrogens with zero attached hydrogens (tertiary/aromatic N) is 3. The van der Waals surface area contributed by atoms with Crippen LogP contribution in [0.3, 0.4) is 0 Å². The van der Waals surface area contributed by atoms with E-state index in [4.69, 9.17) is 15.2 Å². The lowest BCUT2D eigenvalue weighted by atomic mass is 10.2. The normalized spacial score (nSPS) is 20.2. The van der Waals surface area contributed by atoms with Gasteiger partial charge in [0.15, 0.2) is 5.82 Å². The van der Waals surface area contributed by atoms with E-state index in [0.717, 1.165) is 35.3 Å². The van der Waals surface area contributed by atoms with Gasteiger partial charge in [0.25, 0.3) is 0 Å². The van der Waals surface area contributed by atoms with Gasteiger partial charge < -0.3 is 15.2 Å². The maximum absolute atomic E-state index is 5.97. The highest BCUT2D eigenvalue weighted by molar-refractivity contribution is 14.1. The van der Waals surface area contributed by atoms with Gasteiger partial charge in [-0.2, -0.15) is 0 Å². The van der Waals surface area contributed by atoms with Crippen LogP contribution < -0.4 is 5.73 Å². The number of aromatic nitrogens is 2. The van der Waals surface area contributed by atoms with Crippen molar-refractivity contribution in [3.8, 4) is 0 Å². The van der Waals surface area contributed by atoms with Gasteiger partial charge in [-0.25, -0.2) is 9.97 Å². The van der Waals surface area contributed by atoms with Gasteiger partial charge in [0.1, 0.15) is 11.9 Å². The number of rotatable bonds is 5. The van der Waals surface area contributed by atoms with Gasteiger partial charge in [-0.3, -0.25) is 4.90 Å². The Morgan fingerprint density at radius 3 is 3.00 bits per heavy atom. The van der Waals surface area contributed by atoms with Crippen LogP contribution in [0.15, 0.2) is 0 Å². The molecule has 20 heavy (non-hydrogen) atoms. The Morgan fingerprint density at radius 1 is 1.50 bits per heavy atom. The smallest absolute Gasteiger partial charge is 0.161 e. The fourth-order valence-corrected chi connectivity index (χ4v) is 2.68. The van der Waals surface area contributed by atoms with Crippen LogP contribution in [0.25, 0.3) is 0 Å². The molecule has 6 nitrogen and oxygen atoms in total. The highest BCUT2D eigenvalue weighted by Crippen LogP contribution is 2.24. The molecule has 112 valence electrons. The van der Waals surface area contributed by atoms with Gasteiger partial charge in [0, 0.05) is 20.2 Å². The Kier molecular flexibility index (Phi) is 5.94. The number of halogens is 1. The van der Waals surface area contributed by atoms with Crippen LogP contribution in [0.1, 0.15) is 31.0 Å². The summed E-state index contributed by atoms with van der Waals surface area (Å²) in [7, 11) is 1.65. The van der Waals surface area contributed by atoms with Crippen molar-refractivity contribution >= 4 is 28.4 Å². The number of morpholine rings is 1. The minimum atomic E-state index is -0.106. The molecule has 1 aliphatic heterocycles. The minimum absolute atomic E-state index is 0.106. The van der Waals surface area contributed by atoms with E-state index in [-0.39, 0.29) is 6.10 Å². The van der Waals surface area contributed by atoms with Crippen LogP contribution in [0.4, 0.5) is 5.82 Å². The summed E-state index contributed by atoms with van der Waals surface area (Å²) in [4.78, 5) is 11.3. The predicted molar refractivity (Wildman–Crippen MR) is 85.3 cm³/mol. The highest BCUT2D eigenvalue weighted by Gasteiger charge is 2.25. The first-order valence-electron chi connectivity index (χ1n) is 6.80. The Labute approximate surface area is 133 Å². The van der Waals surface area contributed by atoms with E-state index in [2.05, 4.69) is 44.4 Å². The molecule has 1 atom stereocenters. The number of nitrogen functional groups attached to an aromatic ring is 1. The van der Waals surface area contributed by atoms with Gasteiger partial charge in [0.2, 0.25) is 0 Å². The van der Waals surface area contributed by atoms with Gasteiger partial charge in [-0.1, -0.05) is 6.92 Å². The molecule has 2 heterocycles. The molecule has 0 amide bonds. The molecule has 0 saturated carbocycles. The Hall–Kier alpha value is -0.510. The van der Waals surface area contributed by atoms with E-state index >= 15 is 0 Å². The molecule has 0 radical (unpaired) electrons. The van der Waals surface area contributed by atoms with E-state index in [1.165, 1.54) is 0 Å². The number of methoxy groups -OCH3 is 1. The predicted octanol–water partition coefficient (Wildman–Crippen LogP) is 1.59. The maximum atomic E-state index is 5.97. The molecular weight excluding hydrogens is 371 g/mol. The molecule has 1 aromatic rings. The third-order valence-electron chi connectivity index (χ3n) is 3.22. The highest BCUT2D eigenvalue weighted by atomic mass is 127. The van der Waals surface area contributed by atoms with Crippen molar-refractivity contribution in [1.82, 2.24) is 14.9 Å². The second kappa shape index (κ2) is 7.48. The van der Waals surface area contributed by atoms with Crippen molar-refractivity contribution in [2.24, 2.45) is 0 Å². The lowest BCUT2D eigenvalue weighted by Crippen LogP contribution is -2.39. The summed E-state index contributed by atoms with van der Waals surface area (Å²) < 4.78 is 11.8. The number of ether oxygens (including phenoxy) is 2. The van der Waals surface area contributed by atoms with E-state index in [0.29, 0.717) is 24.9 Å². The molecule has 2 N–H and O–H groups in total. The standard InChI is InChI=1S/C13H21IN4O2/c1-3-4-18-5-6-20-10(7-18)13-16-9(8-19-2)11(14)12(15)17-13/h10H,3-8H2,1-2H3,(H2,15,16,17). The first-order valence-corrected chi connectivity index (χ1v) is 7.88. The minimum Gasteiger partial charge on any atom is -0.383 e. The second-order valence-corrected chi connectivity index (χ2v) is 5.90. The Morgan fingerprint density at radius 2 is 2.30 bits per heavy atom. The van der Waals surface area contributed by atoms with Crippen LogP contribution in [0.2, 0.25) is 0 Å².